The number of ether oxygens (including phenoxy) is 1. The third kappa shape index (κ3) is 6.65. The molecule has 2 aliphatic heterocycles. The number of carbonyl (C=O) groups excluding carboxylic acids is 2. The van der Waals surface area contributed by atoms with Gasteiger partial charge in [0.2, 0.25) is 11.7 Å². The van der Waals surface area contributed by atoms with Crippen LogP contribution in [0.5, 0.6) is 5.75 Å². The number of amides is 2. The fourth-order valence-corrected chi connectivity index (χ4v) is 6.35. The zero-order valence-corrected chi connectivity index (χ0v) is 25.3. The molecule has 3 aromatic carbocycles. The third-order valence-electron chi connectivity index (χ3n) is 8.88. The molecule has 11 heteroatoms. The van der Waals surface area contributed by atoms with E-state index in [0.717, 1.165) is 35.6 Å². The summed E-state index contributed by atoms with van der Waals surface area (Å²) in [5.41, 5.74) is 2.91. The Balaban J connectivity index is 1.24. The van der Waals surface area contributed by atoms with Crippen LogP contribution >= 0.6 is 0 Å². The zero-order chi connectivity index (χ0) is 32.5. The number of piperazine rings is 1. The van der Waals surface area contributed by atoms with Crippen molar-refractivity contribution < 1.29 is 36.3 Å². The predicted octanol–water partition coefficient (Wildman–Crippen LogP) is 5.93. The standard InChI is InChI=1S/C35H34F5N3O3/c1-20(44)42-17-23-16-25(22-9-7-21(8-10-22)4-3-15-46-34-30(39)14-13-29(38)33(34)40)32(31(19-42)41-23)35(45)43(24-11-12-24)18-26-27(36)5-2-6-28(26)37/h2,5-10,13-14,23-24,31,41H,3-4,11-12,15-19H2,1H3/t23-,31-/m1/s1. The molecule has 3 aromatic rings. The molecule has 6 rings (SSSR count). The molecule has 242 valence electrons. The van der Waals surface area contributed by atoms with Crippen molar-refractivity contribution in [1.82, 2.24) is 15.1 Å². The van der Waals surface area contributed by atoms with Crippen molar-refractivity contribution in [1.29, 1.82) is 0 Å². The van der Waals surface area contributed by atoms with Gasteiger partial charge in [-0.15, -0.1) is 0 Å². The summed E-state index contributed by atoms with van der Waals surface area (Å²) >= 11 is 0. The highest BCUT2D eigenvalue weighted by molar-refractivity contribution is 6.03. The van der Waals surface area contributed by atoms with Gasteiger partial charge in [0, 0.05) is 43.2 Å². The summed E-state index contributed by atoms with van der Waals surface area (Å²) in [7, 11) is 0. The van der Waals surface area contributed by atoms with Gasteiger partial charge < -0.3 is 19.9 Å². The Morgan fingerprint density at radius 3 is 2.28 bits per heavy atom. The van der Waals surface area contributed by atoms with E-state index >= 15 is 0 Å². The number of rotatable bonds is 10. The van der Waals surface area contributed by atoms with Crippen molar-refractivity contribution in [2.45, 2.75) is 63.7 Å². The van der Waals surface area contributed by atoms with E-state index in [0.29, 0.717) is 44.0 Å². The molecule has 1 saturated heterocycles. The Morgan fingerprint density at radius 2 is 1.61 bits per heavy atom. The first kappa shape index (κ1) is 31.7. The van der Waals surface area contributed by atoms with Crippen LogP contribution in [0.25, 0.3) is 5.57 Å². The highest BCUT2D eigenvalue weighted by atomic mass is 19.2. The number of fused-ring (bicyclic) bond motifs is 2. The normalized spacial score (nSPS) is 19.3. The highest BCUT2D eigenvalue weighted by Gasteiger charge is 2.43. The lowest BCUT2D eigenvalue weighted by Crippen LogP contribution is -2.61. The van der Waals surface area contributed by atoms with Gasteiger partial charge in [-0.3, -0.25) is 9.59 Å². The van der Waals surface area contributed by atoms with Crippen LogP contribution in [0.1, 0.15) is 49.3 Å². The van der Waals surface area contributed by atoms with Gasteiger partial charge in [0.25, 0.3) is 5.91 Å². The number of halogens is 5. The lowest BCUT2D eigenvalue weighted by Gasteiger charge is -2.44. The predicted molar refractivity (Wildman–Crippen MR) is 161 cm³/mol. The van der Waals surface area contributed by atoms with Gasteiger partial charge in [-0.2, -0.15) is 4.39 Å². The molecule has 46 heavy (non-hydrogen) atoms. The molecule has 1 aliphatic carbocycles. The topological polar surface area (TPSA) is 61.9 Å². The number of hydrogen-bond donors (Lipinski definition) is 1. The first-order valence-corrected chi connectivity index (χ1v) is 15.4. The Bertz CT molecular complexity index is 1650. The Morgan fingerprint density at radius 1 is 0.913 bits per heavy atom. The van der Waals surface area contributed by atoms with E-state index in [1.165, 1.54) is 25.1 Å². The summed E-state index contributed by atoms with van der Waals surface area (Å²) in [6, 6.07) is 12.1. The van der Waals surface area contributed by atoms with Crippen molar-refractivity contribution in [2.24, 2.45) is 0 Å². The molecule has 3 aliphatic rings. The minimum atomic E-state index is -1.36. The first-order chi connectivity index (χ1) is 22.1. The average Bonchev–Trinajstić information content (AvgIpc) is 3.87. The van der Waals surface area contributed by atoms with Crippen LogP contribution in [-0.4, -0.2) is 59.4 Å². The summed E-state index contributed by atoms with van der Waals surface area (Å²) < 4.78 is 75.7. The molecule has 0 aromatic heterocycles. The molecular formula is C35H34F5N3O3. The Kier molecular flexibility index (Phi) is 9.13. The van der Waals surface area contributed by atoms with Crippen molar-refractivity contribution in [2.75, 3.05) is 19.7 Å². The smallest absolute Gasteiger partial charge is 0.252 e. The van der Waals surface area contributed by atoms with Crippen LogP contribution < -0.4 is 10.1 Å². The lowest BCUT2D eigenvalue weighted by atomic mass is 9.82. The molecular weight excluding hydrogens is 605 g/mol. The second kappa shape index (κ2) is 13.2. The second-order valence-electron chi connectivity index (χ2n) is 12.1. The minimum absolute atomic E-state index is 0.0237. The van der Waals surface area contributed by atoms with Crippen LogP contribution in [0.15, 0.2) is 60.2 Å². The third-order valence-corrected chi connectivity index (χ3v) is 8.88. The molecule has 2 heterocycles. The largest absolute Gasteiger partial charge is 0.488 e. The molecule has 6 nitrogen and oxygen atoms in total. The van der Waals surface area contributed by atoms with Crippen LogP contribution in [0, 0.1) is 29.1 Å². The number of benzene rings is 3. The van der Waals surface area contributed by atoms with E-state index in [1.54, 1.807) is 9.80 Å². The molecule has 1 N–H and O–H groups in total. The molecule has 0 radical (unpaired) electrons. The zero-order valence-electron chi connectivity index (χ0n) is 25.3. The van der Waals surface area contributed by atoms with Crippen molar-refractivity contribution in [3.8, 4) is 5.75 Å². The lowest BCUT2D eigenvalue weighted by molar-refractivity contribution is -0.132. The van der Waals surface area contributed by atoms with E-state index in [9.17, 15) is 31.5 Å². The summed E-state index contributed by atoms with van der Waals surface area (Å²) in [5.74, 6) is -6.06. The van der Waals surface area contributed by atoms with Crippen LogP contribution in [-0.2, 0) is 22.6 Å². The Hall–Kier alpha value is -4.25. The molecule has 0 unspecified atom stereocenters. The van der Waals surface area contributed by atoms with Gasteiger partial charge in [0.15, 0.2) is 17.4 Å². The molecule has 2 amide bonds. The fraction of sp³-hybridized carbons (Fsp3) is 0.371. The van der Waals surface area contributed by atoms with Crippen molar-refractivity contribution in [3.63, 3.8) is 0 Å². The molecule has 0 spiro atoms. The highest BCUT2D eigenvalue weighted by Crippen LogP contribution is 2.38. The van der Waals surface area contributed by atoms with Gasteiger partial charge in [-0.25, -0.2) is 17.6 Å². The van der Waals surface area contributed by atoms with E-state index < -0.39 is 40.9 Å². The van der Waals surface area contributed by atoms with Gasteiger partial charge in [-0.1, -0.05) is 30.3 Å². The molecule has 2 fully saturated rings. The van der Waals surface area contributed by atoms with Crippen molar-refractivity contribution >= 4 is 17.4 Å². The summed E-state index contributed by atoms with van der Waals surface area (Å²) in [4.78, 5) is 30.0. The van der Waals surface area contributed by atoms with Gasteiger partial charge in [-0.05, 0) is 73.1 Å². The van der Waals surface area contributed by atoms with E-state index in [4.69, 9.17) is 4.74 Å². The maximum Gasteiger partial charge on any atom is 0.252 e. The van der Waals surface area contributed by atoms with Crippen LogP contribution in [0.2, 0.25) is 0 Å². The van der Waals surface area contributed by atoms with Crippen molar-refractivity contribution in [3.05, 3.63) is 106 Å². The summed E-state index contributed by atoms with van der Waals surface area (Å²) in [5, 5.41) is 3.50. The maximum atomic E-state index is 14.7. The second-order valence-corrected chi connectivity index (χ2v) is 12.1. The van der Waals surface area contributed by atoms with Crippen LogP contribution in [0.4, 0.5) is 22.0 Å². The fourth-order valence-electron chi connectivity index (χ4n) is 6.35. The van der Waals surface area contributed by atoms with Gasteiger partial charge >= 0.3 is 0 Å². The first-order valence-electron chi connectivity index (χ1n) is 15.4. The van der Waals surface area contributed by atoms with Gasteiger partial charge in [0.05, 0.1) is 19.2 Å². The summed E-state index contributed by atoms with van der Waals surface area (Å²) in [6.45, 7) is 2.07. The number of nitrogens with one attached hydrogen (secondary N) is 1. The van der Waals surface area contributed by atoms with Gasteiger partial charge in [0.1, 0.15) is 11.6 Å². The number of carbonyl (C=O) groups is 2. The van der Waals surface area contributed by atoms with E-state index in [-0.39, 0.29) is 42.6 Å². The summed E-state index contributed by atoms with van der Waals surface area (Å²) in [6.07, 6.45) is 2.89. The molecule has 2 atom stereocenters. The SMILES string of the molecule is CC(=O)N1C[C@H]2CC(c3ccc(CCCOc4c(F)ccc(F)c4F)cc3)=C(C(=O)N(Cc3c(F)cccc3F)C3CC3)[C@@H](C1)N2. The average molecular weight is 640 g/mol. The van der Waals surface area contributed by atoms with E-state index in [2.05, 4.69) is 5.32 Å². The molecule has 2 bridgehead atoms. The maximum absolute atomic E-state index is 14.7. The molecule has 1 saturated carbocycles. The number of hydrogen-bond acceptors (Lipinski definition) is 4. The monoisotopic (exact) mass is 639 g/mol. The van der Waals surface area contributed by atoms with Crippen LogP contribution in [0.3, 0.4) is 0 Å². The minimum Gasteiger partial charge on any atom is -0.488 e. The Labute approximate surface area is 263 Å². The quantitative estimate of drug-likeness (QED) is 0.170. The number of aryl methyl sites for hydroxylation is 1. The number of nitrogens with zero attached hydrogens (tertiary/aromatic N) is 2. The van der Waals surface area contributed by atoms with E-state index in [1.807, 2.05) is 24.3 Å².